The van der Waals surface area contributed by atoms with Crippen LogP contribution in [-0.4, -0.2) is 52.3 Å². The average molecular weight is 600 g/mol. The van der Waals surface area contributed by atoms with Gasteiger partial charge in [0.2, 0.25) is 11.8 Å². The van der Waals surface area contributed by atoms with Crippen LogP contribution in [0.15, 0.2) is 30.3 Å². The van der Waals surface area contributed by atoms with Gasteiger partial charge in [0.05, 0.1) is 12.0 Å². The van der Waals surface area contributed by atoms with E-state index < -0.39 is 17.6 Å². The second-order valence-electron chi connectivity index (χ2n) is 13.6. The molecule has 0 aliphatic carbocycles. The summed E-state index contributed by atoms with van der Waals surface area (Å²) in [6.45, 7) is 13.1. The van der Waals surface area contributed by atoms with E-state index in [0.29, 0.717) is 18.7 Å². The summed E-state index contributed by atoms with van der Waals surface area (Å²) >= 11 is 6.65. The molecule has 3 aliphatic rings. The van der Waals surface area contributed by atoms with Crippen LogP contribution in [0.1, 0.15) is 107 Å². The van der Waals surface area contributed by atoms with Gasteiger partial charge in [-0.3, -0.25) is 14.5 Å². The number of amides is 2. The van der Waals surface area contributed by atoms with E-state index >= 15 is 4.39 Å². The third kappa shape index (κ3) is 5.96. The number of nitrogens with one attached hydrogen (secondary N) is 1. The summed E-state index contributed by atoms with van der Waals surface area (Å²) in [6.07, 6.45) is 4.31. The molecule has 8 heteroatoms. The van der Waals surface area contributed by atoms with Gasteiger partial charge in [0.15, 0.2) is 0 Å². The summed E-state index contributed by atoms with van der Waals surface area (Å²) in [5.74, 6) is -1.66. The number of nitrogens with zero attached hydrogens (tertiary/aromatic N) is 2. The van der Waals surface area contributed by atoms with Gasteiger partial charge in [-0.25, -0.2) is 8.78 Å². The zero-order valence-corrected chi connectivity index (χ0v) is 26.4. The minimum atomic E-state index is -0.607. The lowest BCUT2D eigenvalue weighted by Gasteiger charge is -2.42. The maximum absolute atomic E-state index is 15.1. The van der Waals surface area contributed by atoms with E-state index in [4.69, 9.17) is 11.6 Å². The first-order valence-electron chi connectivity index (χ1n) is 15.4. The Bertz CT molecular complexity index is 1350. The molecule has 2 amide bonds. The molecule has 5 rings (SSSR count). The van der Waals surface area contributed by atoms with Crippen molar-refractivity contribution < 1.29 is 18.4 Å². The van der Waals surface area contributed by atoms with Crippen LogP contribution in [0.3, 0.4) is 0 Å². The van der Waals surface area contributed by atoms with Gasteiger partial charge in [0.1, 0.15) is 11.6 Å². The minimum Gasteiger partial charge on any atom is -0.350 e. The van der Waals surface area contributed by atoms with Crippen LogP contribution < -0.4 is 5.32 Å². The van der Waals surface area contributed by atoms with Gasteiger partial charge in [-0.2, -0.15) is 0 Å². The Morgan fingerprint density at radius 2 is 1.71 bits per heavy atom. The van der Waals surface area contributed by atoms with Crippen molar-refractivity contribution in [1.29, 1.82) is 0 Å². The van der Waals surface area contributed by atoms with Gasteiger partial charge in [-0.05, 0) is 100 Å². The molecule has 0 saturated carbocycles. The normalized spacial score (nSPS) is 26.9. The number of fused-ring (bicyclic) bond motifs is 2. The second-order valence-corrected chi connectivity index (χ2v) is 14.1. The van der Waals surface area contributed by atoms with E-state index in [2.05, 4.69) is 54.9 Å². The lowest BCUT2D eigenvalue weighted by atomic mass is 9.79. The maximum Gasteiger partial charge on any atom is 0.228 e. The molecule has 1 N–H and O–H groups in total. The van der Waals surface area contributed by atoms with E-state index in [-0.39, 0.29) is 47.3 Å². The van der Waals surface area contributed by atoms with Crippen LogP contribution in [0.2, 0.25) is 5.02 Å². The summed E-state index contributed by atoms with van der Waals surface area (Å²) in [7, 11) is 0. The second kappa shape index (κ2) is 11.9. The Morgan fingerprint density at radius 3 is 2.29 bits per heavy atom. The van der Waals surface area contributed by atoms with Crippen molar-refractivity contribution >= 4 is 23.4 Å². The van der Waals surface area contributed by atoms with E-state index in [1.165, 1.54) is 17.7 Å². The summed E-state index contributed by atoms with van der Waals surface area (Å²) in [6, 6.07) is 8.02. The van der Waals surface area contributed by atoms with Crippen molar-refractivity contribution in [1.82, 2.24) is 15.1 Å². The highest BCUT2D eigenvalue weighted by Gasteiger charge is 2.50. The first kappa shape index (κ1) is 30.9. The Kier molecular flexibility index (Phi) is 8.75. The van der Waals surface area contributed by atoms with Crippen molar-refractivity contribution in [2.45, 2.75) is 109 Å². The number of benzene rings is 2. The number of piperidine rings is 1. The minimum absolute atomic E-state index is 0.0612. The average Bonchev–Trinajstić information content (AvgIpc) is 3.47. The summed E-state index contributed by atoms with van der Waals surface area (Å²) in [5.41, 5.74) is 3.51. The number of likely N-dealkylation sites (tertiary alicyclic amines) is 1. The van der Waals surface area contributed by atoms with Crippen molar-refractivity contribution in [3.05, 3.63) is 69.2 Å². The molecule has 4 unspecified atom stereocenters. The van der Waals surface area contributed by atoms with Gasteiger partial charge >= 0.3 is 0 Å². The molecule has 5 nitrogen and oxygen atoms in total. The van der Waals surface area contributed by atoms with Crippen LogP contribution in [0.4, 0.5) is 8.78 Å². The smallest absolute Gasteiger partial charge is 0.228 e. The van der Waals surface area contributed by atoms with E-state index in [0.717, 1.165) is 54.3 Å². The first-order valence-corrected chi connectivity index (χ1v) is 15.8. The van der Waals surface area contributed by atoms with Crippen LogP contribution in [0.5, 0.6) is 0 Å². The standard InChI is InChI=1S/C34H44ClF2N3O2/c1-7-32(38-20(3)41)27-12-19(2)30(35)16-26(27)21-13-23-9-10-24(14-21)40(23)33(42)29-18-39(34(4,5)6)17-28(29)25-11-8-22(36)15-31(25)37/h8,11-12,15-16,21,23-24,28-29,32H,7,9-10,13-14,17-18H2,1-6H3,(H,38,41)/t21?,23?,24?,28?,29-,32?/m1/s1. The van der Waals surface area contributed by atoms with E-state index in [1.807, 2.05) is 6.92 Å². The number of hydrogen-bond donors (Lipinski definition) is 1. The van der Waals surface area contributed by atoms with Crippen molar-refractivity contribution in [3.63, 3.8) is 0 Å². The zero-order valence-electron chi connectivity index (χ0n) is 25.6. The van der Waals surface area contributed by atoms with Gasteiger partial charge in [-0.1, -0.05) is 30.7 Å². The zero-order chi connectivity index (χ0) is 30.5. The molecule has 2 aromatic carbocycles. The van der Waals surface area contributed by atoms with Crippen LogP contribution >= 0.6 is 11.6 Å². The highest BCUT2D eigenvalue weighted by Crippen LogP contribution is 2.48. The maximum atomic E-state index is 15.1. The molecule has 5 atom stereocenters. The van der Waals surface area contributed by atoms with Crippen molar-refractivity contribution in [3.8, 4) is 0 Å². The topological polar surface area (TPSA) is 52.7 Å². The first-order chi connectivity index (χ1) is 19.8. The number of carbonyl (C=O) groups excluding carboxylic acids is 2. The molecule has 0 aromatic heterocycles. The predicted molar refractivity (Wildman–Crippen MR) is 163 cm³/mol. The quantitative estimate of drug-likeness (QED) is 0.380. The molecular weight excluding hydrogens is 556 g/mol. The molecule has 3 saturated heterocycles. The lowest BCUT2D eigenvalue weighted by molar-refractivity contribution is -0.140. The predicted octanol–water partition coefficient (Wildman–Crippen LogP) is 7.26. The Labute approximate surface area is 254 Å². The molecule has 3 heterocycles. The Hall–Kier alpha value is -2.51. The third-order valence-electron chi connectivity index (χ3n) is 9.90. The van der Waals surface area contributed by atoms with E-state index in [1.54, 1.807) is 6.92 Å². The lowest BCUT2D eigenvalue weighted by Crippen LogP contribution is -2.50. The van der Waals surface area contributed by atoms with Crippen LogP contribution in [0, 0.1) is 24.5 Å². The van der Waals surface area contributed by atoms with Gasteiger partial charge in [0, 0.05) is 54.6 Å². The fourth-order valence-electron chi connectivity index (χ4n) is 7.72. The number of halogens is 3. The molecule has 3 aliphatic heterocycles. The molecular formula is C34H44ClF2N3O2. The largest absolute Gasteiger partial charge is 0.350 e. The molecule has 3 fully saturated rings. The summed E-state index contributed by atoms with van der Waals surface area (Å²) in [5, 5.41) is 3.83. The highest BCUT2D eigenvalue weighted by molar-refractivity contribution is 6.31. The van der Waals surface area contributed by atoms with Crippen molar-refractivity contribution in [2.75, 3.05) is 13.1 Å². The fourth-order valence-corrected chi connectivity index (χ4v) is 7.89. The monoisotopic (exact) mass is 599 g/mol. The molecule has 0 radical (unpaired) electrons. The molecule has 228 valence electrons. The number of carbonyl (C=O) groups is 2. The van der Waals surface area contributed by atoms with Gasteiger partial charge in [-0.15, -0.1) is 0 Å². The summed E-state index contributed by atoms with van der Waals surface area (Å²) < 4.78 is 28.9. The third-order valence-corrected chi connectivity index (χ3v) is 10.3. The molecule has 2 bridgehead atoms. The van der Waals surface area contributed by atoms with Crippen LogP contribution in [0.25, 0.3) is 0 Å². The number of rotatable bonds is 6. The summed E-state index contributed by atoms with van der Waals surface area (Å²) in [4.78, 5) is 30.8. The van der Waals surface area contributed by atoms with Gasteiger partial charge < -0.3 is 10.2 Å². The number of hydrogen-bond acceptors (Lipinski definition) is 3. The molecule has 2 aromatic rings. The van der Waals surface area contributed by atoms with E-state index in [9.17, 15) is 14.0 Å². The van der Waals surface area contributed by atoms with Gasteiger partial charge in [0.25, 0.3) is 0 Å². The van der Waals surface area contributed by atoms with Crippen LogP contribution in [-0.2, 0) is 9.59 Å². The fraction of sp³-hybridized carbons (Fsp3) is 0.588. The number of aryl methyl sites for hydroxylation is 1. The highest BCUT2D eigenvalue weighted by atomic mass is 35.5. The molecule has 0 spiro atoms. The Morgan fingerprint density at radius 1 is 1.05 bits per heavy atom. The van der Waals surface area contributed by atoms with Crippen molar-refractivity contribution in [2.24, 2.45) is 5.92 Å². The molecule has 42 heavy (non-hydrogen) atoms. The Balaban J connectivity index is 1.43. The SMILES string of the molecule is CCC(NC(C)=O)c1cc(C)c(Cl)cc1C1CC2CCC(C1)N2C(=O)[C@@H]1CN(C(C)(C)C)CC1c1ccc(F)cc1F.